The highest BCUT2D eigenvalue weighted by molar-refractivity contribution is 6.30. The molecule has 0 bridgehead atoms. The van der Waals surface area contributed by atoms with Crippen molar-refractivity contribution in [1.29, 1.82) is 0 Å². The SMILES string of the molecule is O=C1c2ccccc2C(=O)c2c(N=c3[nH]c(=Nc4ccccc4)[nH]c(=Nc4cccc5c4C(=O)c4ccccc4C5=O)[nH]3)cccc21. The average molecular weight is 615 g/mol. The number of hydrogen-bond acceptors (Lipinski definition) is 7. The zero-order valence-corrected chi connectivity index (χ0v) is 24.4. The van der Waals surface area contributed by atoms with E-state index in [1.54, 1.807) is 84.9 Å². The Morgan fingerprint density at radius 2 is 0.702 bits per heavy atom. The quantitative estimate of drug-likeness (QED) is 0.259. The number of carbonyl (C=O) groups excluding carboxylic acids is 4. The summed E-state index contributed by atoms with van der Waals surface area (Å²) in [5, 5.41) is 0. The highest BCUT2D eigenvalue weighted by Crippen LogP contribution is 2.34. The maximum absolute atomic E-state index is 13.6. The Morgan fingerprint density at radius 1 is 0.340 bits per heavy atom. The van der Waals surface area contributed by atoms with E-state index < -0.39 is 0 Å². The second-order valence-corrected chi connectivity index (χ2v) is 10.9. The van der Waals surface area contributed by atoms with Crippen molar-refractivity contribution in [3.63, 3.8) is 0 Å². The molecule has 10 nitrogen and oxygen atoms in total. The summed E-state index contributed by atoms with van der Waals surface area (Å²) in [6, 6.07) is 32.5. The lowest BCUT2D eigenvalue weighted by Crippen LogP contribution is -2.37. The zero-order chi connectivity index (χ0) is 32.1. The van der Waals surface area contributed by atoms with Gasteiger partial charge in [-0.2, -0.15) is 0 Å². The van der Waals surface area contributed by atoms with Gasteiger partial charge in [-0.15, -0.1) is 0 Å². The number of rotatable bonds is 3. The summed E-state index contributed by atoms with van der Waals surface area (Å²) in [7, 11) is 0. The first-order chi connectivity index (χ1) is 23.0. The molecular formula is C37H22N6O4. The first kappa shape index (κ1) is 27.7. The number of nitrogens with one attached hydrogen (secondary N) is 3. The van der Waals surface area contributed by atoms with Gasteiger partial charge in [0.15, 0.2) is 23.1 Å². The van der Waals surface area contributed by atoms with Gasteiger partial charge in [-0.1, -0.05) is 91.0 Å². The van der Waals surface area contributed by atoms with Crippen LogP contribution in [0.15, 0.2) is 130 Å². The van der Waals surface area contributed by atoms with E-state index >= 15 is 0 Å². The summed E-state index contributed by atoms with van der Waals surface area (Å²) in [6.45, 7) is 0. The van der Waals surface area contributed by atoms with Crippen molar-refractivity contribution in [2.45, 2.75) is 0 Å². The topological polar surface area (TPSA) is 153 Å². The van der Waals surface area contributed by atoms with Crippen LogP contribution in [-0.4, -0.2) is 38.1 Å². The van der Waals surface area contributed by atoms with Gasteiger partial charge in [-0.25, -0.2) is 15.0 Å². The first-order valence-corrected chi connectivity index (χ1v) is 14.7. The number of aromatic amines is 3. The van der Waals surface area contributed by atoms with Crippen LogP contribution in [0.4, 0.5) is 17.1 Å². The third-order valence-electron chi connectivity index (χ3n) is 8.03. The maximum Gasteiger partial charge on any atom is 0.210 e. The number of para-hydroxylation sites is 1. The number of nitrogens with zero attached hydrogens (tertiary/aromatic N) is 3. The molecule has 5 aromatic carbocycles. The molecule has 1 heterocycles. The highest BCUT2D eigenvalue weighted by atomic mass is 16.1. The molecule has 0 spiro atoms. The Kier molecular flexibility index (Phi) is 6.47. The molecule has 0 fully saturated rings. The van der Waals surface area contributed by atoms with E-state index in [0.29, 0.717) is 27.9 Å². The Morgan fingerprint density at radius 3 is 1.15 bits per heavy atom. The monoisotopic (exact) mass is 614 g/mol. The lowest BCUT2D eigenvalue weighted by atomic mass is 9.83. The molecule has 8 rings (SSSR count). The number of hydrogen-bond donors (Lipinski definition) is 3. The van der Waals surface area contributed by atoms with Crippen LogP contribution in [0.3, 0.4) is 0 Å². The van der Waals surface area contributed by atoms with Gasteiger partial charge in [0.2, 0.25) is 16.9 Å². The van der Waals surface area contributed by atoms with Gasteiger partial charge >= 0.3 is 0 Å². The molecule has 2 aliphatic rings. The van der Waals surface area contributed by atoms with Gasteiger partial charge in [-0.05, 0) is 24.3 Å². The number of aromatic nitrogens is 3. The summed E-state index contributed by atoms with van der Waals surface area (Å²) in [4.78, 5) is 77.2. The molecule has 0 saturated carbocycles. The van der Waals surface area contributed by atoms with Crippen molar-refractivity contribution in [3.05, 3.63) is 177 Å². The predicted octanol–water partition coefficient (Wildman–Crippen LogP) is 4.92. The van der Waals surface area contributed by atoms with Crippen LogP contribution in [0.1, 0.15) is 63.7 Å². The third kappa shape index (κ3) is 4.72. The number of benzene rings is 5. The van der Waals surface area contributed by atoms with Gasteiger partial charge in [0.05, 0.1) is 28.2 Å². The Labute approximate surface area is 265 Å². The molecule has 0 atom stereocenters. The standard InChI is InChI=1S/C37H22N6O4/c44-31-21-12-4-6-14-23(21)33(46)29-25(31)16-8-18-27(29)39-36-41-35(38-20-10-2-1-3-11-20)42-37(43-36)40-28-19-9-17-26-30(28)34(47)24-15-7-5-13-22(24)32(26)45/h1-19H,(H3,38,39,40,41,42,43). The third-order valence-corrected chi connectivity index (χ3v) is 8.03. The molecule has 0 saturated heterocycles. The largest absolute Gasteiger partial charge is 0.296 e. The van der Waals surface area contributed by atoms with Crippen molar-refractivity contribution < 1.29 is 19.2 Å². The van der Waals surface area contributed by atoms with Crippen LogP contribution in [0.25, 0.3) is 0 Å². The summed E-state index contributed by atoms with van der Waals surface area (Å²) >= 11 is 0. The van der Waals surface area contributed by atoms with Crippen molar-refractivity contribution in [2.24, 2.45) is 15.0 Å². The van der Waals surface area contributed by atoms with E-state index in [9.17, 15) is 19.2 Å². The Bertz CT molecular complexity index is 2400. The molecule has 10 heteroatoms. The molecular weight excluding hydrogens is 592 g/mol. The van der Waals surface area contributed by atoms with Gasteiger partial charge in [0, 0.05) is 33.4 Å². The van der Waals surface area contributed by atoms with Gasteiger partial charge in [0.1, 0.15) is 0 Å². The lowest BCUT2D eigenvalue weighted by molar-refractivity contribution is 0.0979. The maximum atomic E-state index is 13.6. The molecule has 0 radical (unpaired) electrons. The molecule has 224 valence electrons. The zero-order valence-electron chi connectivity index (χ0n) is 24.4. The molecule has 3 N–H and O–H groups in total. The average Bonchev–Trinajstić information content (AvgIpc) is 3.10. The van der Waals surface area contributed by atoms with E-state index in [0.717, 1.165) is 0 Å². The minimum absolute atomic E-state index is 0.155. The van der Waals surface area contributed by atoms with Crippen molar-refractivity contribution in [3.8, 4) is 0 Å². The van der Waals surface area contributed by atoms with E-state index in [2.05, 4.69) is 19.9 Å². The van der Waals surface area contributed by atoms with Crippen LogP contribution >= 0.6 is 0 Å². The highest BCUT2D eigenvalue weighted by Gasteiger charge is 2.32. The van der Waals surface area contributed by atoms with Gasteiger partial charge in [-0.3, -0.25) is 34.1 Å². The minimum atomic E-state index is -0.310. The molecule has 0 amide bonds. The summed E-state index contributed by atoms with van der Waals surface area (Å²) < 4.78 is 0. The lowest BCUT2D eigenvalue weighted by Gasteiger charge is -2.18. The van der Waals surface area contributed by atoms with Gasteiger partial charge in [0.25, 0.3) is 0 Å². The Hall–Kier alpha value is -6.81. The number of carbonyl (C=O) groups is 4. The van der Waals surface area contributed by atoms with E-state index in [1.807, 2.05) is 30.3 Å². The van der Waals surface area contributed by atoms with E-state index in [-0.39, 0.29) is 73.6 Å². The summed E-state index contributed by atoms with van der Waals surface area (Å²) in [6.07, 6.45) is 0. The normalized spacial score (nSPS) is 14.0. The van der Waals surface area contributed by atoms with Crippen LogP contribution in [-0.2, 0) is 0 Å². The van der Waals surface area contributed by atoms with Crippen molar-refractivity contribution in [2.75, 3.05) is 0 Å². The summed E-state index contributed by atoms with van der Waals surface area (Å²) in [5.41, 5.74) is 3.94. The van der Waals surface area contributed by atoms with Crippen LogP contribution in [0.2, 0.25) is 0 Å². The number of fused-ring (bicyclic) bond motifs is 4. The van der Waals surface area contributed by atoms with E-state index in [1.165, 1.54) is 0 Å². The number of H-pyrrole nitrogens is 3. The second kappa shape index (κ2) is 11.0. The fourth-order valence-electron chi connectivity index (χ4n) is 5.91. The fraction of sp³-hybridized carbons (Fsp3) is 0. The predicted molar refractivity (Wildman–Crippen MR) is 171 cm³/mol. The molecule has 1 aromatic heterocycles. The minimum Gasteiger partial charge on any atom is -0.296 e. The molecule has 0 aliphatic heterocycles. The number of ketones is 4. The first-order valence-electron chi connectivity index (χ1n) is 14.7. The van der Waals surface area contributed by atoms with Crippen LogP contribution in [0, 0.1) is 0 Å². The fourth-order valence-corrected chi connectivity index (χ4v) is 5.91. The van der Waals surface area contributed by atoms with Crippen LogP contribution in [0.5, 0.6) is 0 Å². The van der Waals surface area contributed by atoms with Gasteiger partial charge < -0.3 is 0 Å². The van der Waals surface area contributed by atoms with Crippen LogP contribution < -0.4 is 16.9 Å². The van der Waals surface area contributed by atoms with Crippen molar-refractivity contribution >= 4 is 40.2 Å². The van der Waals surface area contributed by atoms with Crippen molar-refractivity contribution in [1.82, 2.24) is 15.0 Å². The molecule has 47 heavy (non-hydrogen) atoms. The molecule has 0 unspecified atom stereocenters. The molecule has 2 aliphatic carbocycles. The summed E-state index contributed by atoms with van der Waals surface area (Å²) in [5.74, 6) is -1.13. The molecule has 6 aromatic rings. The second-order valence-electron chi connectivity index (χ2n) is 10.9. The van der Waals surface area contributed by atoms with E-state index in [4.69, 9.17) is 9.98 Å². The smallest absolute Gasteiger partial charge is 0.210 e. The Balaban J connectivity index is 1.34.